The molecule has 9 heavy (non-hydrogen) atoms. The lowest BCUT2D eigenvalue weighted by molar-refractivity contribution is -0.133. The zero-order valence-electron chi connectivity index (χ0n) is 4.70. The largest absolute Gasteiger partial charge is 0.464 e. The first-order chi connectivity index (χ1) is 4.26. The van der Waals surface area contributed by atoms with Crippen molar-refractivity contribution in [3.05, 3.63) is 0 Å². The number of hydrogen-bond donors (Lipinski definition) is 1. The van der Waals surface area contributed by atoms with Crippen molar-refractivity contribution in [3.8, 4) is 0 Å². The molecule has 0 aliphatic rings. The third-order valence-electron chi connectivity index (χ3n) is 0.614. The van der Waals surface area contributed by atoms with E-state index in [0.717, 1.165) is 7.11 Å². The van der Waals surface area contributed by atoms with Gasteiger partial charge in [-0.2, -0.15) is 0 Å². The summed E-state index contributed by atoms with van der Waals surface area (Å²) in [6.45, 7) is 0. The second-order valence-electron chi connectivity index (χ2n) is 1.09. The highest BCUT2D eigenvalue weighted by molar-refractivity contribution is 6.58. The van der Waals surface area contributed by atoms with Gasteiger partial charge in [-0.05, 0) is 0 Å². The fourth-order valence-corrected chi connectivity index (χ4v) is 0.217. The Bertz CT molecular complexity index is 151. The van der Waals surface area contributed by atoms with Crippen molar-refractivity contribution < 1.29 is 19.5 Å². The van der Waals surface area contributed by atoms with Crippen LogP contribution in [0.25, 0.3) is 0 Å². The summed E-state index contributed by atoms with van der Waals surface area (Å²) >= 11 is 0. The average Bonchev–Trinajstić information content (AvgIpc) is 1.90. The van der Waals surface area contributed by atoms with Gasteiger partial charge < -0.3 is 9.94 Å². The minimum atomic E-state index is -0.951. The van der Waals surface area contributed by atoms with Crippen molar-refractivity contribution >= 4 is 18.0 Å². The van der Waals surface area contributed by atoms with Crippen LogP contribution in [0.15, 0.2) is 5.16 Å². The molecule has 0 atom stereocenters. The second kappa shape index (κ2) is 3.59. The summed E-state index contributed by atoms with van der Waals surface area (Å²) in [4.78, 5) is 20.0. The summed E-state index contributed by atoms with van der Waals surface area (Å²) in [6, 6.07) is 0. The lowest BCUT2D eigenvalue weighted by atomic mass is 10.4. The van der Waals surface area contributed by atoms with E-state index in [2.05, 4.69) is 9.89 Å². The molecule has 0 aromatic carbocycles. The van der Waals surface area contributed by atoms with Crippen molar-refractivity contribution in [2.24, 2.45) is 5.16 Å². The van der Waals surface area contributed by atoms with Gasteiger partial charge in [0.05, 0.1) is 7.11 Å². The molecule has 1 N–H and O–H groups in total. The van der Waals surface area contributed by atoms with Crippen LogP contribution in [-0.2, 0) is 14.3 Å². The summed E-state index contributed by atoms with van der Waals surface area (Å²) in [5, 5.41) is 10.2. The fraction of sp³-hybridized carbons (Fsp3) is 0.250. The van der Waals surface area contributed by atoms with E-state index >= 15 is 0 Å². The summed E-state index contributed by atoms with van der Waals surface area (Å²) in [5.41, 5.74) is -0.641. The van der Waals surface area contributed by atoms with Crippen molar-refractivity contribution in [3.63, 3.8) is 0 Å². The van der Waals surface area contributed by atoms with Gasteiger partial charge in [-0.25, -0.2) is 4.79 Å². The topological polar surface area (TPSA) is 76.0 Å². The smallest absolute Gasteiger partial charge is 0.363 e. The Morgan fingerprint density at radius 1 is 1.78 bits per heavy atom. The normalized spacial score (nSPS) is 10.6. The van der Waals surface area contributed by atoms with Crippen LogP contribution in [0, 0.1) is 0 Å². The highest BCUT2D eigenvalue weighted by Crippen LogP contribution is 1.75. The van der Waals surface area contributed by atoms with Crippen molar-refractivity contribution in [1.82, 2.24) is 0 Å². The fourth-order valence-electron chi connectivity index (χ4n) is 0.217. The van der Waals surface area contributed by atoms with Gasteiger partial charge in [-0.3, -0.25) is 4.79 Å². The van der Waals surface area contributed by atoms with E-state index in [4.69, 9.17) is 5.21 Å². The lowest BCUT2D eigenvalue weighted by Crippen LogP contribution is -2.16. The molecule has 0 aromatic heterocycles. The number of methoxy groups -OCH3 is 1. The molecule has 0 unspecified atom stereocenters. The molecule has 0 aliphatic heterocycles. The monoisotopic (exact) mass is 131 g/mol. The predicted octanol–water partition coefficient (Wildman–Crippen LogP) is -0.812. The van der Waals surface area contributed by atoms with Gasteiger partial charge in [0.25, 0.3) is 0 Å². The first kappa shape index (κ1) is 7.61. The average molecular weight is 131 g/mol. The van der Waals surface area contributed by atoms with E-state index in [-0.39, 0.29) is 6.29 Å². The lowest BCUT2D eigenvalue weighted by Gasteiger charge is -1.90. The highest BCUT2D eigenvalue weighted by Gasteiger charge is 2.09. The standard InChI is InChI=1S/C4H5NO4/c1-9-4(7)3(2-6)5-8/h2,8H,1H3/b5-3-. The van der Waals surface area contributed by atoms with Gasteiger partial charge in [-0.15, -0.1) is 0 Å². The van der Waals surface area contributed by atoms with Gasteiger partial charge >= 0.3 is 5.97 Å². The summed E-state index contributed by atoms with van der Waals surface area (Å²) < 4.78 is 4.03. The molecule has 0 amide bonds. The molecule has 5 nitrogen and oxygen atoms in total. The van der Waals surface area contributed by atoms with Gasteiger partial charge in [0.2, 0.25) is 5.71 Å². The Balaban J connectivity index is 4.14. The van der Waals surface area contributed by atoms with Gasteiger partial charge in [0.15, 0.2) is 6.29 Å². The molecule has 0 spiro atoms. The number of carbonyl (C=O) groups is 2. The summed E-state index contributed by atoms with van der Waals surface area (Å²) in [6.07, 6.45) is 0.103. The first-order valence-corrected chi connectivity index (χ1v) is 2.01. The Kier molecular flexibility index (Phi) is 3.04. The maximum atomic E-state index is 10.2. The predicted molar refractivity (Wildman–Crippen MR) is 27.3 cm³/mol. The molecule has 5 heteroatoms. The number of aldehydes is 1. The van der Waals surface area contributed by atoms with Crippen molar-refractivity contribution in [1.29, 1.82) is 0 Å². The van der Waals surface area contributed by atoms with Crippen LogP contribution in [-0.4, -0.2) is 30.3 Å². The number of esters is 1. The molecule has 0 bridgehead atoms. The maximum absolute atomic E-state index is 10.2. The Morgan fingerprint density at radius 2 is 2.33 bits per heavy atom. The Labute approximate surface area is 50.9 Å². The van der Waals surface area contributed by atoms with Crippen molar-refractivity contribution in [2.75, 3.05) is 7.11 Å². The van der Waals surface area contributed by atoms with E-state index in [1.165, 1.54) is 0 Å². The molecule has 0 rings (SSSR count). The zero-order valence-corrected chi connectivity index (χ0v) is 4.70. The van der Waals surface area contributed by atoms with Crippen LogP contribution >= 0.6 is 0 Å². The molecule has 0 fully saturated rings. The number of rotatable bonds is 2. The Morgan fingerprint density at radius 3 is 2.44 bits per heavy atom. The number of carbonyl (C=O) groups excluding carboxylic acids is 2. The van der Waals surface area contributed by atoms with Gasteiger partial charge in [-0.1, -0.05) is 5.16 Å². The van der Waals surface area contributed by atoms with E-state index in [9.17, 15) is 9.59 Å². The first-order valence-electron chi connectivity index (χ1n) is 2.01. The van der Waals surface area contributed by atoms with E-state index in [1.807, 2.05) is 0 Å². The third-order valence-corrected chi connectivity index (χ3v) is 0.614. The second-order valence-corrected chi connectivity index (χ2v) is 1.09. The number of nitrogens with zero attached hydrogens (tertiary/aromatic N) is 1. The van der Waals surface area contributed by atoms with E-state index in [0.29, 0.717) is 0 Å². The quantitative estimate of drug-likeness (QED) is 0.133. The number of ether oxygens (including phenoxy) is 1. The Hall–Kier alpha value is -1.39. The van der Waals surface area contributed by atoms with Gasteiger partial charge in [0.1, 0.15) is 0 Å². The van der Waals surface area contributed by atoms with Gasteiger partial charge in [0, 0.05) is 0 Å². The van der Waals surface area contributed by atoms with Crippen LogP contribution in [0.1, 0.15) is 0 Å². The SMILES string of the molecule is COC(=O)/C(C=O)=N\O. The molecule has 0 aliphatic carbocycles. The molecule has 0 heterocycles. The minimum absolute atomic E-state index is 0.103. The third kappa shape index (κ3) is 1.89. The van der Waals surface area contributed by atoms with Crippen molar-refractivity contribution in [2.45, 2.75) is 0 Å². The summed E-state index contributed by atoms with van der Waals surface area (Å²) in [5.74, 6) is -0.951. The number of oxime groups is 1. The molecule has 50 valence electrons. The molecular weight excluding hydrogens is 126 g/mol. The van der Waals surface area contributed by atoms with Crippen LogP contribution in [0.5, 0.6) is 0 Å². The van der Waals surface area contributed by atoms with Crippen LogP contribution in [0.4, 0.5) is 0 Å². The minimum Gasteiger partial charge on any atom is -0.464 e. The molecule has 0 radical (unpaired) electrons. The van der Waals surface area contributed by atoms with Crippen LogP contribution in [0.3, 0.4) is 0 Å². The number of hydrogen-bond acceptors (Lipinski definition) is 5. The molecule has 0 saturated carbocycles. The molecule has 0 saturated heterocycles. The van der Waals surface area contributed by atoms with Crippen LogP contribution in [0.2, 0.25) is 0 Å². The highest BCUT2D eigenvalue weighted by atomic mass is 16.5. The van der Waals surface area contributed by atoms with Crippen LogP contribution < -0.4 is 0 Å². The summed E-state index contributed by atoms with van der Waals surface area (Å²) in [7, 11) is 1.08. The molecular formula is C4H5NO4. The molecule has 0 aromatic rings. The van der Waals surface area contributed by atoms with E-state index in [1.54, 1.807) is 0 Å². The maximum Gasteiger partial charge on any atom is 0.363 e. The van der Waals surface area contributed by atoms with E-state index < -0.39 is 11.7 Å². The zero-order chi connectivity index (χ0) is 7.28.